The van der Waals surface area contributed by atoms with Crippen molar-refractivity contribution in [2.45, 2.75) is 59.0 Å². The summed E-state index contributed by atoms with van der Waals surface area (Å²) in [6.07, 6.45) is 4.27. The summed E-state index contributed by atoms with van der Waals surface area (Å²) in [7, 11) is 0. The second-order valence-corrected chi connectivity index (χ2v) is 5.81. The van der Waals surface area contributed by atoms with Gasteiger partial charge in [-0.15, -0.1) is 0 Å². The lowest BCUT2D eigenvalue weighted by atomic mass is 10.1. The molecule has 0 aliphatic heterocycles. The molecule has 0 unspecified atom stereocenters. The number of nitrogens with zero attached hydrogens (tertiary/aromatic N) is 1. The van der Waals surface area contributed by atoms with E-state index in [1.165, 1.54) is 24.8 Å². The third-order valence-corrected chi connectivity index (χ3v) is 3.61. The lowest BCUT2D eigenvalue weighted by Crippen LogP contribution is -2.37. The van der Waals surface area contributed by atoms with Gasteiger partial charge in [-0.25, -0.2) is 0 Å². The largest absolute Gasteiger partial charge is 0.336 e. The molecule has 0 saturated carbocycles. The van der Waals surface area contributed by atoms with Gasteiger partial charge in [-0.3, -0.25) is 4.79 Å². The van der Waals surface area contributed by atoms with E-state index in [4.69, 9.17) is 0 Å². The molecule has 21 heavy (non-hydrogen) atoms. The summed E-state index contributed by atoms with van der Waals surface area (Å²) in [5.74, 6) is 0.233. The highest BCUT2D eigenvalue weighted by atomic mass is 16.2. The summed E-state index contributed by atoms with van der Waals surface area (Å²) in [6, 6.07) is 10.4. The number of benzene rings is 1. The molecule has 3 nitrogen and oxygen atoms in total. The molecule has 1 rings (SSSR count). The fourth-order valence-electron chi connectivity index (χ4n) is 2.30. The molecule has 0 saturated heterocycles. The summed E-state index contributed by atoms with van der Waals surface area (Å²) >= 11 is 0. The predicted octanol–water partition coefficient (Wildman–Crippen LogP) is 3.59. The molecule has 0 bridgehead atoms. The highest BCUT2D eigenvalue weighted by molar-refractivity contribution is 5.76. The summed E-state index contributed by atoms with van der Waals surface area (Å²) in [5.41, 5.74) is 1.19. The van der Waals surface area contributed by atoms with Gasteiger partial charge in [-0.1, -0.05) is 50.1 Å². The second-order valence-electron chi connectivity index (χ2n) is 5.81. The first-order valence-electron chi connectivity index (χ1n) is 8.19. The molecular formula is C18H30N2O. The van der Waals surface area contributed by atoms with Crippen LogP contribution in [0.15, 0.2) is 30.3 Å². The Labute approximate surface area is 129 Å². The van der Waals surface area contributed by atoms with Crippen molar-refractivity contribution in [3.63, 3.8) is 0 Å². The summed E-state index contributed by atoms with van der Waals surface area (Å²) in [6.45, 7) is 8.86. The molecular weight excluding hydrogens is 260 g/mol. The Kier molecular flexibility index (Phi) is 8.76. The lowest BCUT2D eigenvalue weighted by Gasteiger charge is -2.27. The highest BCUT2D eigenvalue weighted by Crippen LogP contribution is 2.09. The molecule has 0 radical (unpaired) electrons. The van der Waals surface area contributed by atoms with Crippen molar-refractivity contribution in [1.29, 1.82) is 0 Å². The topological polar surface area (TPSA) is 32.3 Å². The van der Waals surface area contributed by atoms with Crippen LogP contribution in [0.4, 0.5) is 0 Å². The molecule has 1 amide bonds. The third kappa shape index (κ3) is 7.28. The summed E-state index contributed by atoms with van der Waals surface area (Å²) in [5, 5.41) is 3.36. The first-order valence-corrected chi connectivity index (χ1v) is 8.19. The summed E-state index contributed by atoms with van der Waals surface area (Å²) in [4.78, 5) is 14.3. The Morgan fingerprint density at radius 1 is 1.14 bits per heavy atom. The van der Waals surface area contributed by atoms with E-state index in [0.29, 0.717) is 13.0 Å². The van der Waals surface area contributed by atoms with Gasteiger partial charge in [-0.05, 0) is 32.4 Å². The molecule has 0 fully saturated rings. The van der Waals surface area contributed by atoms with Gasteiger partial charge in [0.1, 0.15) is 0 Å². The molecule has 0 aliphatic carbocycles. The van der Waals surface area contributed by atoms with Crippen LogP contribution in [0, 0.1) is 0 Å². The van der Waals surface area contributed by atoms with Gasteiger partial charge in [0.25, 0.3) is 0 Å². The van der Waals surface area contributed by atoms with E-state index in [1.54, 1.807) is 0 Å². The minimum atomic E-state index is 0.233. The fraction of sp³-hybridized carbons (Fsp3) is 0.611. The molecule has 0 heterocycles. The smallest absolute Gasteiger partial charge is 0.224 e. The SMILES string of the molecule is CCCCCNCCC(=O)N(Cc1ccccc1)C(C)C. The van der Waals surface area contributed by atoms with Gasteiger partial charge in [0.2, 0.25) is 5.91 Å². The van der Waals surface area contributed by atoms with E-state index < -0.39 is 0 Å². The van der Waals surface area contributed by atoms with Gasteiger partial charge in [-0.2, -0.15) is 0 Å². The van der Waals surface area contributed by atoms with Crippen molar-refractivity contribution in [3.8, 4) is 0 Å². The van der Waals surface area contributed by atoms with Crippen molar-refractivity contribution in [1.82, 2.24) is 10.2 Å². The van der Waals surface area contributed by atoms with Crippen LogP contribution in [0.2, 0.25) is 0 Å². The minimum Gasteiger partial charge on any atom is -0.336 e. The van der Waals surface area contributed by atoms with E-state index in [1.807, 2.05) is 23.1 Å². The molecule has 0 spiro atoms. The first-order chi connectivity index (χ1) is 10.1. The van der Waals surface area contributed by atoms with E-state index in [2.05, 4.69) is 38.2 Å². The zero-order chi connectivity index (χ0) is 15.5. The van der Waals surface area contributed by atoms with E-state index in [-0.39, 0.29) is 11.9 Å². The molecule has 0 aliphatic rings. The molecule has 3 heteroatoms. The Morgan fingerprint density at radius 3 is 2.48 bits per heavy atom. The molecule has 118 valence electrons. The monoisotopic (exact) mass is 290 g/mol. The number of hydrogen-bond acceptors (Lipinski definition) is 2. The van der Waals surface area contributed by atoms with Crippen molar-refractivity contribution in [2.24, 2.45) is 0 Å². The van der Waals surface area contributed by atoms with E-state index >= 15 is 0 Å². The van der Waals surface area contributed by atoms with Crippen molar-refractivity contribution in [2.75, 3.05) is 13.1 Å². The minimum absolute atomic E-state index is 0.233. The van der Waals surface area contributed by atoms with Gasteiger partial charge < -0.3 is 10.2 Å². The highest BCUT2D eigenvalue weighted by Gasteiger charge is 2.16. The zero-order valence-corrected chi connectivity index (χ0v) is 13.8. The maximum Gasteiger partial charge on any atom is 0.224 e. The average Bonchev–Trinajstić information content (AvgIpc) is 2.49. The lowest BCUT2D eigenvalue weighted by molar-refractivity contribution is -0.133. The van der Waals surface area contributed by atoms with Crippen LogP contribution in [0.5, 0.6) is 0 Å². The van der Waals surface area contributed by atoms with Crippen molar-refractivity contribution < 1.29 is 4.79 Å². The Bertz CT molecular complexity index is 389. The Hall–Kier alpha value is -1.35. The number of hydrogen-bond donors (Lipinski definition) is 1. The molecule has 1 N–H and O–H groups in total. The molecule has 1 aromatic rings. The van der Waals surface area contributed by atoms with E-state index in [0.717, 1.165) is 13.1 Å². The number of unbranched alkanes of at least 4 members (excludes halogenated alkanes) is 2. The third-order valence-electron chi connectivity index (χ3n) is 3.61. The van der Waals surface area contributed by atoms with Crippen LogP contribution in [0.25, 0.3) is 0 Å². The van der Waals surface area contributed by atoms with Gasteiger partial charge in [0.05, 0.1) is 0 Å². The van der Waals surface area contributed by atoms with E-state index in [9.17, 15) is 4.79 Å². The van der Waals surface area contributed by atoms with Crippen molar-refractivity contribution >= 4 is 5.91 Å². The van der Waals surface area contributed by atoms with Crippen LogP contribution in [-0.4, -0.2) is 29.9 Å². The number of amides is 1. The maximum atomic E-state index is 12.4. The predicted molar refractivity (Wildman–Crippen MR) is 89.1 cm³/mol. The number of nitrogens with one attached hydrogen (secondary N) is 1. The van der Waals surface area contributed by atoms with Gasteiger partial charge >= 0.3 is 0 Å². The number of rotatable bonds is 10. The normalized spacial score (nSPS) is 10.9. The second kappa shape index (κ2) is 10.4. The first kappa shape index (κ1) is 17.7. The fourth-order valence-corrected chi connectivity index (χ4v) is 2.30. The van der Waals surface area contributed by atoms with Crippen LogP contribution >= 0.6 is 0 Å². The molecule has 0 atom stereocenters. The van der Waals surface area contributed by atoms with Crippen LogP contribution in [-0.2, 0) is 11.3 Å². The van der Waals surface area contributed by atoms with Crippen LogP contribution in [0.3, 0.4) is 0 Å². The summed E-state index contributed by atoms with van der Waals surface area (Å²) < 4.78 is 0. The van der Waals surface area contributed by atoms with Crippen LogP contribution in [0.1, 0.15) is 52.0 Å². The number of carbonyl (C=O) groups excluding carboxylic acids is 1. The number of carbonyl (C=O) groups is 1. The Morgan fingerprint density at radius 2 is 1.86 bits per heavy atom. The van der Waals surface area contributed by atoms with Gasteiger partial charge in [0, 0.05) is 25.6 Å². The Balaban J connectivity index is 2.36. The zero-order valence-electron chi connectivity index (χ0n) is 13.8. The standard InChI is InChI=1S/C18H30N2O/c1-4-5-9-13-19-14-12-18(21)20(16(2)3)15-17-10-7-6-8-11-17/h6-8,10-11,16,19H,4-5,9,12-15H2,1-3H3. The quantitative estimate of drug-likeness (QED) is 0.668. The van der Waals surface area contributed by atoms with Gasteiger partial charge in [0.15, 0.2) is 0 Å². The molecule has 1 aromatic carbocycles. The van der Waals surface area contributed by atoms with Crippen LogP contribution < -0.4 is 5.32 Å². The maximum absolute atomic E-state index is 12.4. The molecule has 0 aromatic heterocycles. The van der Waals surface area contributed by atoms with Crippen molar-refractivity contribution in [3.05, 3.63) is 35.9 Å². The average molecular weight is 290 g/mol.